The molecule has 0 saturated carbocycles. The van der Waals surface area contributed by atoms with Crippen molar-refractivity contribution in [1.29, 1.82) is 0 Å². The van der Waals surface area contributed by atoms with Gasteiger partial charge in [-0.1, -0.05) is 68.4 Å². The summed E-state index contributed by atoms with van der Waals surface area (Å²) in [6.45, 7) is 2.93. The van der Waals surface area contributed by atoms with Crippen molar-refractivity contribution in [1.82, 2.24) is 14.7 Å². The van der Waals surface area contributed by atoms with E-state index in [1.54, 1.807) is 7.05 Å². The molecule has 1 aliphatic rings. The summed E-state index contributed by atoms with van der Waals surface area (Å²) in [4.78, 5) is 14.7. The lowest BCUT2D eigenvalue weighted by Gasteiger charge is -2.07. The minimum absolute atomic E-state index is 0.0877. The van der Waals surface area contributed by atoms with Crippen molar-refractivity contribution in [3.63, 3.8) is 0 Å². The van der Waals surface area contributed by atoms with Crippen molar-refractivity contribution in [3.8, 4) is 22.7 Å². The maximum absolute atomic E-state index is 12.6. The number of benzene rings is 2. The van der Waals surface area contributed by atoms with Crippen molar-refractivity contribution in [2.75, 3.05) is 13.7 Å². The summed E-state index contributed by atoms with van der Waals surface area (Å²) in [5.74, 6) is 0.765. The summed E-state index contributed by atoms with van der Waals surface area (Å²) < 4.78 is 8.29. The lowest BCUT2D eigenvalue weighted by atomic mass is 10.1. The van der Waals surface area contributed by atoms with Crippen LogP contribution < -0.4 is 4.74 Å². The van der Waals surface area contributed by atoms with Gasteiger partial charge in [-0.15, -0.1) is 0 Å². The van der Waals surface area contributed by atoms with Crippen LogP contribution in [0.3, 0.4) is 0 Å². The number of thioether (sulfide) groups is 1. The molecule has 0 spiro atoms. The Bertz CT molecular complexity index is 1150. The van der Waals surface area contributed by atoms with Gasteiger partial charge in [0.25, 0.3) is 5.91 Å². The summed E-state index contributed by atoms with van der Waals surface area (Å²) in [5.41, 5.74) is 3.57. The van der Waals surface area contributed by atoms with E-state index in [9.17, 15) is 4.79 Å². The van der Waals surface area contributed by atoms with E-state index in [0.717, 1.165) is 41.3 Å². The standard InChI is InChI=1S/C26H27N3O2S2/c1-3-4-5-9-16-31-22-14-12-19(13-15-22)24-20(17-23-25(30)28(2)26(32)33-23)18-29(27-24)21-10-7-6-8-11-21/h6-8,10-15,17-18H,3-5,9,16H2,1-2H3/b23-17-. The van der Waals surface area contributed by atoms with Crippen molar-refractivity contribution in [3.05, 3.63) is 71.3 Å². The molecule has 0 aliphatic carbocycles. The second-order valence-corrected chi connectivity index (χ2v) is 9.56. The molecular formula is C26H27N3O2S2. The average Bonchev–Trinajstić information content (AvgIpc) is 3.37. The summed E-state index contributed by atoms with van der Waals surface area (Å²) in [7, 11) is 1.70. The van der Waals surface area contributed by atoms with Gasteiger partial charge in [-0.3, -0.25) is 9.69 Å². The van der Waals surface area contributed by atoms with E-state index in [2.05, 4.69) is 6.92 Å². The highest BCUT2D eigenvalue weighted by atomic mass is 32.2. The van der Waals surface area contributed by atoms with Gasteiger partial charge >= 0.3 is 0 Å². The number of unbranched alkanes of at least 4 members (excludes halogenated alkanes) is 3. The number of aromatic nitrogens is 2. The van der Waals surface area contributed by atoms with Crippen LogP contribution in [-0.4, -0.2) is 38.6 Å². The van der Waals surface area contributed by atoms with Crippen LogP contribution in [0.5, 0.6) is 5.75 Å². The average molecular weight is 478 g/mol. The molecule has 1 aliphatic heterocycles. The lowest BCUT2D eigenvalue weighted by molar-refractivity contribution is -0.121. The van der Waals surface area contributed by atoms with Crippen LogP contribution in [0.25, 0.3) is 23.0 Å². The highest BCUT2D eigenvalue weighted by Crippen LogP contribution is 2.34. The molecule has 0 unspecified atom stereocenters. The van der Waals surface area contributed by atoms with E-state index in [1.165, 1.54) is 35.9 Å². The van der Waals surface area contributed by atoms with Gasteiger partial charge in [0.2, 0.25) is 0 Å². The molecule has 3 aromatic rings. The number of hydrogen-bond acceptors (Lipinski definition) is 5. The Balaban J connectivity index is 1.62. The molecule has 1 amide bonds. The number of thiocarbonyl (C=S) groups is 1. The zero-order valence-corrected chi connectivity index (χ0v) is 20.5. The van der Waals surface area contributed by atoms with E-state index in [-0.39, 0.29) is 5.91 Å². The van der Waals surface area contributed by atoms with Gasteiger partial charge in [0.15, 0.2) is 0 Å². The minimum Gasteiger partial charge on any atom is -0.494 e. The van der Waals surface area contributed by atoms with Gasteiger partial charge in [0.05, 0.1) is 22.9 Å². The normalized spacial score (nSPS) is 15.0. The minimum atomic E-state index is -0.0877. The third-order valence-corrected chi connectivity index (χ3v) is 6.92. The number of likely N-dealkylation sites (N-methyl/N-ethyl adjacent to an activating group) is 1. The maximum atomic E-state index is 12.6. The number of carbonyl (C=O) groups is 1. The molecule has 5 nitrogen and oxygen atoms in total. The Morgan fingerprint density at radius 2 is 1.82 bits per heavy atom. The van der Waals surface area contributed by atoms with E-state index < -0.39 is 0 Å². The molecule has 0 bridgehead atoms. The first-order valence-corrected chi connectivity index (χ1v) is 12.4. The molecule has 0 atom stereocenters. The third kappa shape index (κ3) is 5.54. The maximum Gasteiger partial charge on any atom is 0.265 e. The Morgan fingerprint density at radius 1 is 1.06 bits per heavy atom. The monoisotopic (exact) mass is 477 g/mol. The molecule has 1 fully saturated rings. The molecule has 4 rings (SSSR count). The molecule has 7 heteroatoms. The highest BCUT2D eigenvalue weighted by Gasteiger charge is 2.29. The number of hydrogen-bond donors (Lipinski definition) is 0. The van der Waals surface area contributed by atoms with Crippen molar-refractivity contribution < 1.29 is 9.53 Å². The topological polar surface area (TPSA) is 47.4 Å². The fourth-order valence-electron chi connectivity index (χ4n) is 3.54. The summed E-state index contributed by atoms with van der Waals surface area (Å²) in [5, 5.41) is 4.85. The van der Waals surface area contributed by atoms with Crippen LogP contribution in [0.2, 0.25) is 0 Å². The van der Waals surface area contributed by atoms with Crippen LogP contribution in [0.1, 0.15) is 38.2 Å². The highest BCUT2D eigenvalue weighted by molar-refractivity contribution is 8.26. The second kappa shape index (κ2) is 10.8. The number of para-hydroxylation sites is 1. The first-order chi connectivity index (χ1) is 16.1. The first kappa shape index (κ1) is 23.3. The summed E-state index contributed by atoms with van der Waals surface area (Å²) >= 11 is 6.60. The van der Waals surface area contributed by atoms with Crippen LogP contribution in [0, 0.1) is 0 Å². The summed E-state index contributed by atoms with van der Waals surface area (Å²) in [6, 6.07) is 17.9. The molecule has 1 aromatic heterocycles. The number of carbonyl (C=O) groups excluding carboxylic acids is 1. The largest absolute Gasteiger partial charge is 0.494 e. The van der Waals surface area contributed by atoms with Crippen molar-refractivity contribution in [2.45, 2.75) is 32.6 Å². The van der Waals surface area contributed by atoms with Crippen LogP contribution in [0.4, 0.5) is 0 Å². The quantitative estimate of drug-likeness (QED) is 0.205. The van der Waals surface area contributed by atoms with Gasteiger partial charge in [-0.25, -0.2) is 4.68 Å². The Labute approximate surface area is 204 Å². The number of ether oxygens (including phenoxy) is 1. The second-order valence-electron chi connectivity index (χ2n) is 7.89. The molecule has 2 heterocycles. The fourth-order valence-corrected chi connectivity index (χ4v) is 4.72. The predicted octanol–water partition coefficient (Wildman–Crippen LogP) is 6.33. The Hall–Kier alpha value is -2.90. The number of nitrogens with zero attached hydrogens (tertiary/aromatic N) is 3. The third-order valence-electron chi connectivity index (χ3n) is 5.43. The van der Waals surface area contributed by atoms with E-state index >= 15 is 0 Å². The summed E-state index contributed by atoms with van der Waals surface area (Å²) in [6.07, 6.45) is 8.55. The van der Waals surface area contributed by atoms with Gasteiger partial charge in [0, 0.05) is 24.4 Å². The van der Waals surface area contributed by atoms with Crippen LogP contribution in [0.15, 0.2) is 65.7 Å². The molecule has 0 N–H and O–H groups in total. The Kier molecular flexibility index (Phi) is 7.62. The predicted molar refractivity (Wildman–Crippen MR) is 140 cm³/mol. The van der Waals surface area contributed by atoms with Crippen LogP contribution >= 0.6 is 24.0 Å². The number of amides is 1. The van der Waals surface area contributed by atoms with Crippen molar-refractivity contribution in [2.24, 2.45) is 0 Å². The zero-order chi connectivity index (χ0) is 23.2. The van der Waals surface area contributed by atoms with Gasteiger partial charge in [-0.05, 0) is 48.9 Å². The van der Waals surface area contributed by atoms with E-state index in [1.807, 2.05) is 71.6 Å². The smallest absolute Gasteiger partial charge is 0.265 e. The molecule has 33 heavy (non-hydrogen) atoms. The molecule has 0 radical (unpaired) electrons. The van der Waals surface area contributed by atoms with Crippen LogP contribution in [-0.2, 0) is 4.79 Å². The van der Waals surface area contributed by atoms with E-state index in [4.69, 9.17) is 22.1 Å². The van der Waals surface area contributed by atoms with Gasteiger partial charge in [0.1, 0.15) is 10.1 Å². The lowest BCUT2D eigenvalue weighted by Crippen LogP contribution is -2.22. The zero-order valence-electron chi connectivity index (χ0n) is 18.9. The number of rotatable bonds is 9. The van der Waals surface area contributed by atoms with Gasteiger partial charge < -0.3 is 4.74 Å². The molecule has 1 saturated heterocycles. The molecular weight excluding hydrogens is 450 g/mol. The SMILES string of the molecule is CCCCCCOc1ccc(-c2nn(-c3ccccc3)cc2/C=C2\SC(=S)N(C)C2=O)cc1. The molecule has 2 aromatic carbocycles. The fraction of sp³-hybridized carbons (Fsp3) is 0.269. The molecule has 170 valence electrons. The van der Waals surface area contributed by atoms with Crippen molar-refractivity contribution >= 4 is 40.3 Å². The van der Waals surface area contributed by atoms with Gasteiger partial charge in [-0.2, -0.15) is 5.10 Å². The first-order valence-electron chi connectivity index (χ1n) is 11.2. The Morgan fingerprint density at radius 3 is 2.48 bits per heavy atom. The van der Waals surface area contributed by atoms with E-state index in [0.29, 0.717) is 9.23 Å².